The summed E-state index contributed by atoms with van der Waals surface area (Å²) in [6, 6.07) is 5.16. The van der Waals surface area contributed by atoms with E-state index in [0.717, 1.165) is 55.2 Å². The van der Waals surface area contributed by atoms with Crippen molar-refractivity contribution in [2.24, 2.45) is 0 Å². The molecule has 0 aliphatic heterocycles. The van der Waals surface area contributed by atoms with E-state index < -0.39 is 17.7 Å². The Bertz CT molecular complexity index is 832. The number of carbonyl (C=O) groups is 3. The van der Waals surface area contributed by atoms with Gasteiger partial charge in [-0.25, -0.2) is 4.79 Å². The summed E-state index contributed by atoms with van der Waals surface area (Å²) in [5.41, 5.74) is 2.19. The number of nitrogens with one attached hydrogen (secondary N) is 2. The van der Waals surface area contributed by atoms with E-state index in [9.17, 15) is 14.4 Å². The van der Waals surface area contributed by atoms with Gasteiger partial charge in [0.25, 0.3) is 0 Å². The van der Waals surface area contributed by atoms with Crippen molar-refractivity contribution >= 4 is 17.9 Å². The third-order valence-electron chi connectivity index (χ3n) is 5.75. The van der Waals surface area contributed by atoms with Gasteiger partial charge in [0.15, 0.2) is 0 Å². The fraction of sp³-hybridized carbons (Fsp3) is 0.679. The molecule has 0 saturated carbocycles. The summed E-state index contributed by atoms with van der Waals surface area (Å²) >= 11 is 0. The number of carbonyl (C=O) groups excluding carboxylic acids is 3. The van der Waals surface area contributed by atoms with Crippen LogP contribution in [0.5, 0.6) is 0 Å². The number of aryl methyl sites for hydroxylation is 2. The second kappa shape index (κ2) is 14.7. The SMILES string of the molecule is CCCCCCN(C(=O)CNC(=O)OC(C)(C)C)C(C(=O)NC(C)CCC)c1ccc(C)cc1C. The van der Waals surface area contributed by atoms with Gasteiger partial charge >= 0.3 is 6.09 Å². The molecule has 0 aliphatic rings. The molecule has 3 amide bonds. The van der Waals surface area contributed by atoms with Gasteiger partial charge in [0.1, 0.15) is 18.2 Å². The second-order valence-corrected chi connectivity index (χ2v) is 10.5. The summed E-state index contributed by atoms with van der Waals surface area (Å²) in [4.78, 5) is 40.9. The molecule has 0 heterocycles. The van der Waals surface area contributed by atoms with Gasteiger partial charge in [-0.1, -0.05) is 63.3 Å². The predicted octanol–water partition coefficient (Wildman–Crippen LogP) is 5.58. The lowest BCUT2D eigenvalue weighted by atomic mass is 9.96. The molecule has 2 atom stereocenters. The van der Waals surface area contributed by atoms with E-state index in [1.807, 2.05) is 39.0 Å². The van der Waals surface area contributed by atoms with Gasteiger partial charge in [-0.3, -0.25) is 9.59 Å². The van der Waals surface area contributed by atoms with E-state index in [-0.39, 0.29) is 24.4 Å². The van der Waals surface area contributed by atoms with Crippen molar-refractivity contribution in [2.45, 2.75) is 112 Å². The van der Waals surface area contributed by atoms with Gasteiger partial charge in [-0.05, 0) is 65.5 Å². The van der Waals surface area contributed by atoms with E-state index in [1.165, 1.54) is 0 Å². The number of unbranched alkanes of at least 4 members (excludes halogenated alkanes) is 3. The van der Waals surface area contributed by atoms with E-state index in [2.05, 4.69) is 24.5 Å². The highest BCUT2D eigenvalue weighted by Gasteiger charge is 2.33. The topological polar surface area (TPSA) is 87.7 Å². The van der Waals surface area contributed by atoms with E-state index >= 15 is 0 Å². The van der Waals surface area contributed by atoms with Crippen LogP contribution in [0, 0.1) is 13.8 Å². The molecule has 1 rings (SSSR count). The van der Waals surface area contributed by atoms with Crippen LogP contribution in [-0.4, -0.2) is 47.5 Å². The van der Waals surface area contributed by atoms with Crippen molar-refractivity contribution < 1.29 is 19.1 Å². The van der Waals surface area contributed by atoms with Crippen molar-refractivity contribution in [3.63, 3.8) is 0 Å². The highest BCUT2D eigenvalue weighted by Crippen LogP contribution is 2.27. The largest absolute Gasteiger partial charge is 0.444 e. The van der Waals surface area contributed by atoms with Crippen LogP contribution in [0.4, 0.5) is 4.79 Å². The van der Waals surface area contributed by atoms with E-state index in [0.29, 0.717) is 6.54 Å². The first-order chi connectivity index (χ1) is 16.4. The Morgan fingerprint density at radius 2 is 1.71 bits per heavy atom. The van der Waals surface area contributed by atoms with Gasteiger partial charge in [-0.2, -0.15) is 0 Å². The van der Waals surface area contributed by atoms with Gasteiger partial charge < -0.3 is 20.3 Å². The lowest BCUT2D eigenvalue weighted by Crippen LogP contribution is -2.49. The molecular formula is C28H47N3O4. The average Bonchev–Trinajstić information content (AvgIpc) is 2.74. The summed E-state index contributed by atoms with van der Waals surface area (Å²) < 4.78 is 5.29. The first-order valence-electron chi connectivity index (χ1n) is 13.0. The third kappa shape index (κ3) is 11.1. The van der Waals surface area contributed by atoms with Crippen LogP contribution in [0.3, 0.4) is 0 Å². The molecule has 0 spiro atoms. The first kappa shape index (κ1) is 30.5. The van der Waals surface area contributed by atoms with Crippen molar-refractivity contribution in [3.8, 4) is 0 Å². The number of amides is 3. The molecule has 7 nitrogen and oxygen atoms in total. The fourth-order valence-electron chi connectivity index (χ4n) is 4.08. The summed E-state index contributed by atoms with van der Waals surface area (Å²) in [5, 5.41) is 5.68. The zero-order chi connectivity index (χ0) is 26.6. The van der Waals surface area contributed by atoms with Crippen LogP contribution < -0.4 is 10.6 Å². The van der Waals surface area contributed by atoms with Gasteiger partial charge in [0.05, 0.1) is 0 Å². The van der Waals surface area contributed by atoms with Crippen LogP contribution >= 0.6 is 0 Å². The minimum atomic E-state index is -0.774. The summed E-state index contributed by atoms with van der Waals surface area (Å²) in [6.45, 7) is 15.7. The van der Waals surface area contributed by atoms with Crippen LogP contribution in [-0.2, 0) is 14.3 Å². The van der Waals surface area contributed by atoms with Crippen LogP contribution in [0.15, 0.2) is 18.2 Å². The molecule has 1 aromatic carbocycles. The highest BCUT2D eigenvalue weighted by atomic mass is 16.6. The maximum Gasteiger partial charge on any atom is 0.408 e. The summed E-state index contributed by atoms with van der Waals surface area (Å²) in [7, 11) is 0. The Kier molecular flexibility index (Phi) is 12.8. The molecule has 198 valence electrons. The number of hydrogen-bond acceptors (Lipinski definition) is 4. The van der Waals surface area contributed by atoms with Crippen molar-refractivity contribution in [3.05, 3.63) is 34.9 Å². The molecule has 2 unspecified atom stereocenters. The summed E-state index contributed by atoms with van der Waals surface area (Å²) in [5.74, 6) is -0.505. The number of alkyl carbamates (subject to hydrolysis) is 1. The third-order valence-corrected chi connectivity index (χ3v) is 5.75. The smallest absolute Gasteiger partial charge is 0.408 e. The molecule has 0 bridgehead atoms. The van der Waals surface area contributed by atoms with Crippen molar-refractivity contribution in [1.82, 2.24) is 15.5 Å². The number of ether oxygens (including phenoxy) is 1. The first-order valence-corrected chi connectivity index (χ1v) is 13.0. The zero-order valence-electron chi connectivity index (χ0n) is 23.1. The Hall–Kier alpha value is -2.57. The maximum absolute atomic E-state index is 13.6. The van der Waals surface area contributed by atoms with Gasteiger partial charge in [-0.15, -0.1) is 0 Å². The van der Waals surface area contributed by atoms with E-state index in [1.54, 1.807) is 25.7 Å². The number of benzene rings is 1. The molecular weight excluding hydrogens is 442 g/mol. The lowest BCUT2D eigenvalue weighted by molar-refractivity contribution is -0.140. The Balaban J connectivity index is 3.28. The minimum absolute atomic E-state index is 0.00214. The van der Waals surface area contributed by atoms with Gasteiger partial charge in [0, 0.05) is 12.6 Å². The molecule has 7 heteroatoms. The molecule has 35 heavy (non-hydrogen) atoms. The second-order valence-electron chi connectivity index (χ2n) is 10.5. The molecule has 0 aliphatic carbocycles. The van der Waals surface area contributed by atoms with Crippen molar-refractivity contribution in [1.29, 1.82) is 0 Å². The average molecular weight is 490 g/mol. The molecule has 0 saturated heterocycles. The van der Waals surface area contributed by atoms with E-state index in [4.69, 9.17) is 4.74 Å². The standard InChI is InChI=1S/C28H47N3O4/c1-9-11-12-13-17-31(24(32)19-29-27(34)35-28(6,7)8)25(26(33)30-22(5)14-10-2)23-16-15-20(3)18-21(23)4/h15-16,18,22,25H,9-14,17,19H2,1-8H3,(H,29,34)(H,30,33). The number of nitrogens with zero attached hydrogens (tertiary/aromatic N) is 1. The normalized spacial score (nSPS) is 13.0. The predicted molar refractivity (Wildman–Crippen MR) is 141 cm³/mol. The fourth-order valence-corrected chi connectivity index (χ4v) is 4.08. The number of hydrogen-bond donors (Lipinski definition) is 2. The summed E-state index contributed by atoms with van der Waals surface area (Å²) in [6.07, 6.45) is 5.04. The molecule has 0 aromatic heterocycles. The highest BCUT2D eigenvalue weighted by molar-refractivity contribution is 5.90. The van der Waals surface area contributed by atoms with Crippen LogP contribution in [0.2, 0.25) is 0 Å². The molecule has 0 fully saturated rings. The van der Waals surface area contributed by atoms with Crippen LogP contribution in [0.1, 0.15) is 103 Å². The van der Waals surface area contributed by atoms with Crippen molar-refractivity contribution in [2.75, 3.05) is 13.1 Å². The lowest BCUT2D eigenvalue weighted by Gasteiger charge is -2.33. The maximum atomic E-state index is 13.6. The monoisotopic (exact) mass is 489 g/mol. The quantitative estimate of drug-likeness (QED) is 0.354. The Morgan fingerprint density at radius 3 is 2.29 bits per heavy atom. The Labute approximate surface area is 212 Å². The molecule has 1 aromatic rings. The van der Waals surface area contributed by atoms with Gasteiger partial charge in [0.2, 0.25) is 11.8 Å². The minimum Gasteiger partial charge on any atom is -0.444 e. The number of rotatable bonds is 13. The Morgan fingerprint density at radius 1 is 1.03 bits per heavy atom. The zero-order valence-corrected chi connectivity index (χ0v) is 23.1. The molecule has 2 N–H and O–H groups in total. The molecule has 0 radical (unpaired) electrons. The van der Waals surface area contributed by atoms with Crippen LogP contribution in [0.25, 0.3) is 0 Å².